The summed E-state index contributed by atoms with van der Waals surface area (Å²) < 4.78 is 25.4. The molecule has 6 heteroatoms. The summed E-state index contributed by atoms with van der Waals surface area (Å²) in [6, 6.07) is 5.85. The predicted molar refractivity (Wildman–Crippen MR) is 57.7 cm³/mol. The number of benzene rings is 1. The lowest BCUT2D eigenvalue weighted by atomic mass is 10.3. The number of nitrogens with one attached hydrogen (secondary N) is 1. The summed E-state index contributed by atoms with van der Waals surface area (Å²) in [5.41, 5.74) is 5.94. The quantitative estimate of drug-likeness (QED) is 0.631. The SMILES string of the molecule is C[C@H](O)CNS(=O)(=O)c1ccc(N)cc1. The van der Waals surface area contributed by atoms with Crippen molar-refractivity contribution < 1.29 is 13.5 Å². The summed E-state index contributed by atoms with van der Waals surface area (Å²) >= 11 is 0. The van der Waals surface area contributed by atoms with Gasteiger partial charge < -0.3 is 10.8 Å². The van der Waals surface area contributed by atoms with Crippen molar-refractivity contribution in [1.82, 2.24) is 4.72 Å². The van der Waals surface area contributed by atoms with Gasteiger partial charge in [0.2, 0.25) is 10.0 Å². The van der Waals surface area contributed by atoms with Crippen LogP contribution >= 0.6 is 0 Å². The number of anilines is 1. The molecule has 1 atom stereocenters. The van der Waals surface area contributed by atoms with E-state index in [1.54, 1.807) is 0 Å². The minimum absolute atomic E-state index is 0.00723. The number of nitrogens with two attached hydrogens (primary N) is 1. The Morgan fingerprint density at radius 2 is 1.93 bits per heavy atom. The van der Waals surface area contributed by atoms with Gasteiger partial charge in [-0.3, -0.25) is 0 Å². The first kappa shape index (κ1) is 12.0. The fourth-order valence-electron chi connectivity index (χ4n) is 0.961. The summed E-state index contributed by atoms with van der Waals surface area (Å²) in [5.74, 6) is 0. The van der Waals surface area contributed by atoms with Crippen molar-refractivity contribution in [1.29, 1.82) is 0 Å². The van der Waals surface area contributed by atoms with E-state index in [9.17, 15) is 8.42 Å². The highest BCUT2D eigenvalue weighted by Gasteiger charge is 2.13. The topological polar surface area (TPSA) is 92.4 Å². The van der Waals surface area contributed by atoms with Crippen LogP contribution in [0.1, 0.15) is 6.92 Å². The molecule has 0 aliphatic carbocycles. The average molecular weight is 230 g/mol. The second kappa shape index (κ2) is 4.61. The van der Waals surface area contributed by atoms with Crippen molar-refractivity contribution >= 4 is 15.7 Å². The second-order valence-electron chi connectivity index (χ2n) is 3.27. The number of rotatable bonds is 4. The Bertz CT molecular complexity index is 411. The van der Waals surface area contributed by atoms with Gasteiger partial charge in [0, 0.05) is 12.2 Å². The molecule has 0 amide bonds. The molecule has 1 aromatic carbocycles. The molecule has 0 unspecified atom stereocenters. The summed E-state index contributed by atoms with van der Waals surface area (Å²) in [6.45, 7) is 1.50. The van der Waals surface area contributed by atoms with E-state index < -0.39 is 16.1 Å². The van der Waals surface area contributed by atoms with Gasteiger partial charge >= 0.3 is 0 Å². The molecule has 4 N–H and O–H groups in total. The standard InChI is InChI=1S/C9H14N2O3S/c1-7(12)6-11-15(13,14)9-4-2-8(10)3-5-9/h2-5,7,11-12H,6,10H2,1H3/t7-/m0/s1. The summed E-state index contributed by atoms with van der Waals surface area (Å²) in [4.78, 5) is 0.136. The molecule has 0 radical (unpaired) electrons. The van der Waals surface area contributed by atoms with Crippen molar-refractivity contribution in [2.75, 3.05) is 12.3 Å². The first-order valence-electron chi connectivity index (χ1n) is 4.45. The van der Waals surface area contributed by atoms with E-state index in [4.69, 9.17) is 10.8 Å². The predicted octanol–water partition coefficient (Wildman–Crippen LogP) is -0.0721. The molecule has 0 bridgehead atoms. The van der Waals surface area contributed by atoms with Crippen molar-refractivity contribution in [3.05, 3.63) is 24.3 Å². The van der Waals surface area contributed by atoms with Crippen LogP contribution in [0.5, 0.6) is 0 Å². The lowest BCUT2D eigenvalue weighted by Crippen LogP contribution is -2.30. The molecule has 84 valence electrons. The van der Waals surface area contributed by atoms with Crippen LogP contribution in [0.4, 0.5) is 5.69 Å². The maximum atomic E-state index is 11.6. The molecule has 0 spiro atoms. The molecular formula is C9H14N2O3S. The third-order valence-corrected chi connectivity index (χ3v) is 3.20. The fourth-order valence-corrected chi connectivity index (χ4v) is 2.08. The van der Waals surface area contributed by atoms with Crippen LogP contribution in [0, 0.1) is 0 Å². The van der Waals surface area contributed by atoms with Gasteiger partial charge in [0.05, 0.1) is 11.0 Å². The van der Waals surface area contributed by atoms with E-state index in [-0.39, 0.29) is 11.4 Å². The van der Waals surface area contributed by atoms with Gasteiger partial charge in [-0.15, -0.1) is 0 Å². The molecule has 0 aliphatic rings. The third-order valence-electron chi connectivity index (χ3n) is 1.76. The first-order chi connectivity index (χ1) is 6.92. The smallest absolute Gasteiger partial charge is 0.240 e. The minimum Gasteiger partial charge on any atom is -0.399 e. The monoisotopic (exact) mass is 230 g/mol. The molecule has 0 aromatic heterocycles. The Labute approximate surface area is 89.0 Å². The van der Waals surface area contributed by atoms with Gasteiger partial charge in [-0.1, -0.05) is 0 Å². The lowest BCUT2D eigenvalue weighted by Gasteiger charge is -2.08. The fraction of sp³-hybridized carbons (Fsp3) is 0.333. The highest BCUT2D eigenvalue weighted by molar-refractivity contribution is 7.89. The highest BCUT2D eigenvalue weighted by Crippen LogP contribution is 2.10. The lowest BCUT2D eigenvalue weighted by molar-refractivity contribution is 0.198. The van der Waals surface area contributed by atoms with Crippen molar-refractivity contribution in [2.45, 2.75) is 17.9 Å². The van der Waals surface area contributed by atoms with Crippen LogP contribution in [0.2, 0.25) is 0 Å². The van der Waals surface area contributed by atoms with E-state index in [0.717, 1.165) is 0 Å². The van der Waals surface area contributed by atoms with Gasteiger partial charge in [-0.25, -0.2) is 13.1 Å². The van der Waals surface area contributed by atoms with E-state index in [1.165, 1.54) is 31.2 Å². The Morgan fingerprint density at radius 3 is 2.40 bits per heavy atom. The molecule has 0 fully saturated rings. The van der Waals surface area contributed by atoms with E-state index in [2.05, 4.69) is 4.72 Å². The molecule has 0 aliphatic heterocycles. The minimum atomic E-state index is -3.54. The van der Waals surface area contributed by atoms with Crippen LogP contribution in [0.25, 0.3) is 0 Å². The molecule has 0 saturated carbocycles. The van der Waals surface area contributed by atoms with Gasteiger partial charge in [-0.05, 0) is 31.2 Å². The molecule has 15 heavy (non-hydrogen) atoms. The Kier molecular flexibility index (Phi) is 3.67. The number of aliphatic hydroxyl groups excluding tert-OH is 1. The number of sulfonamides is 1. The Hall–Kier alpha value is -1.11. The van der Waals surface area contributed by atoms with Crippen LogP contribution < -0.4 is 10.5 Å². The molecule has 0 heterocycles. The second-order valence-corrected chi connectivity index (χ2v) is 5.04. The molecule has 1 rings (SSSR count). The molecule has 1 aromatic rings. The van der Waals surface area contributed by atoms with Crippen molar-refractivity contribution in [2.24, 2.45) is 0 Å². The summed E-state index contributed by atoms with van der Waals surface area (Å²) in [7, 11) is -3.54. The van der Waals surface area contributed by atoms with Gasteiger partial charge in [0.15, 0.2) is 0 Å². The highest BCUT2D eigenvalue weighted by atomic mass is 32.2. The molecule has 5 nitrogen and oxygen atoms in total. The zero-order valence-electron chi connectivity index (χ0n) is 8.34. The maximum Gasteiger partial charge on any atom is 0.240 e. The number of aliphatic hydroxyl groups is 1. The maximum absolute atomic E-state index is 11.6. The Morgan fingerprint density at radius 1 is 1.40 bits per heavy atom. The largest absolute Gasteiger partial charge is 0.399 e. The third kappa shape index (κ3) is 3.50. The van der Waals surface area contributed by atoms with E-state index in [1.807, 2.05) is 0 Å². The molecular weight excluding hydrogens is 216 g/mol. The number of hydrogen-bond donors (Lipinski definition) is 3. The van der Waals surface area contributed by atoms with Crippen LogP contribution in [-0.2, 0) is 10.0 Å². The number of nitrogen functional groups attached to an aromatic ring is 1. The van der Waals surface area contributed by atoms with Crippen molar-refractivity contribution in [3.63, 3.8) is 0 Å². The zero-order chi connectivity index (χ0) is 11.5. The van der Waals surface area contributed by atoms with Gasteiger partial charge in [0.1, 0.15) is 0 Å². The average Bonchev–Trinajstić information content (AvgIpc) is 2.16. The van der Waals surface area contributed by atoms with Crippen LogP contribution in [0.3, 0.4) is 0 Å². The summed E-state index contributed by atoms with van der Waals surface area (Å²) in [5, 5.41) is 8.96. The summed E-state index contributed by atoms with van der Waals surface area (Å²) in [6.07, 6.45) is -0.714. The van der Waals surface area contributed by atoms with Crippen LogP contribution in [0.15, 0.2) is 29.2 Å². The van der Waals surface area contributed by atoms with Crippen molar-refractivity contribution in [3.8, 4) is 0 Å². The van der Waals surface area contributed by atoms with E-state index >= 15 is 0 Å². The van der Waals surface area contributed by atoms with Gasteiger partial charge in [-0.2, -0.15) is 0 Å². The normalized spacial score (nSPS) is 13.7. The van der Waals surface area contributed by atoms with Gasteiger partial charge in [0.25, 0.3) is 0 Å². The number of hydrogen-bond acceptors (Lipinski definition) is 4. The zero-order valence-corrected chi connectivity index (χ0v) is 9.16. The Balaban J connectivity index is 2.82. The van der Waals surface area contributed by atoms with Crippen LogP contribution in [-0.4, -0.2) is 26.2 Å². The first-order valence-corrected chi connectivity index (χ1v) is 5.93. The molecule has 0 saturated heterocycles. The van der Waals surface area contributed by atoms with E-state index in [0.29, 0.717) is 5.69 Å².